The van der Waals surface area contributed by atoms with Gasteiger partial charge in [-0.2, -0.15) is 14.3 Å². The third-order valence-electron chi connectivity index (χ3n) is 6.63. The Labute approximate surface area is 240 Å². The van der Waals surface area contributed by atoms with Crippen LogP contribution in [0, 0.1) is 0 Å². The normalized spacial score (nSPS) is 31.3. The third kappa shape index (κ3) is 4.69. The molecule has 0 bridgehead atoms. The zero-order chi connectivity index (χ0) is 30.0. The number of aromatic nitrogens is 10. The number of H-pyrrole nitrogens is 1. The van der Waals surface area contributed by atoms with Gasteiger partial charge in [0.25, 0.3) is 5.56 Å². The number of aliphatic hydroxyl groups is 2. The molecule has 42 heavy (non-hydrogen) atoms. The summed E-state index contributed by atoms with van der Waals surface area (Å²) in [7, 11) is 0. The van der Waals surface area contributed by atoms with Crippen LogP contribution in [0.2, 0.25) is 0 Å². The molecule has 8 N–H and O–H groups in total. The van der Waals surface area contributed by atoms with Gasteiger partial charge >= 0.3 is 6.72 Å². The summed E-state index contributed by atoms with van der Waals surface area (Å²) < 4.78 is 49.4. The van der Waals surface area contributed by atoms with Gasteiger partial charge in [-0.25, -0.2) is 18.7 Å². The molecule has 0 aromatic carbocycles. The largest absolute Gasteiger partial charge is 0.395 e. The van der Waals surface area contributed by atoms with Gasteiger partial charge in [0.15, 0.2) is 46.7 Å². The van der Waals surface area contributed by atoms with E-state index in [4.69, 9.17) is 37.1 Å². The predicted molar refractivity (Wildman–Crippen MR) is 142 cm³/mol. The maximum absolute atomic E-state index is 15.9. The Hall–Kier alpha value is -3.02. The number of aliphatic hydroxyl groups excluding tert-OH is 2. The van der Waals surface area contributed by atoms with E-state index in [0.717, 1.165) is 27.5 Å². The standard InChI is InChI=1S/C18H21F2N12O7PS2/c19-7-10(34)5(38-16(7)31-13-8(27-29-31)12(21)23-4-24-13)2-37-40(36,41)39-18(3-42-6(1-33)11(18)20)32-14-9(28-30-32)15(35)26-17(22)25-14/h4-7,10-11,16,33-34H,1-3H2,(H,36,41)(H2,21,23,24)(H3,22,25,26,35)/t5-,6-,7+,10-,11-,16-,18+,40?/m1/s1. The minimum Gasteiger partial charge on any atom is -0.395 e. The average Bonchev–Trinajstić information content (AvgIpc) is 3.70. The number of aromatic amines is 1. The summed E-state index contributed by atoms with van der Waals surface area (Å²) in [6, 6.07) is 0. The first kappa shape index (κ1) is 29.1. The summed E-state index contributed by atoms with van der Waals surface area (Å²) in [5, 5.41) is 34.3. The molecule has 0 aliphatic carbocycles. The van der Waals surface area contributed by atoms with Crippen molar-refractivity contribution in [1.82, 2.24) is 49.9 Å². The summed E-state index contributed by atoms with van der Waals surface area (Å²) >= 11 is 6.07. The zero-order valence-corrected chi connectivity index (χ0v) is 23.4. The molecule has 8 atom stereocenters. The maximum Gasteiger partial charge on any atom is 0.326 e. The molecule has 0 spiro atoms. The lowest BCUT2D eigenvalue weighted by Gasteiger charge is -2.34. The summed E-state index contributed by atoms with van der Waals surface area (Å²) in [4.78, 5) is 37.2. The first-order valence-electron chi connectivity index (χ1n) is 11.9. The second kappa shape index (κ2) is 10.6. The van der Waals surface area contributed by atoms with Gasteiger partial charge in [0.05, 0.1) is 18.5 Å². The number of halogens is 2. The first-order valence-corrected chi connectivity index (χ1v) is 15.5. The number of anilines is 2. The molecule has 1 unspecified atom stereocenters. The highest BCUT2D eigenvalue weighted by molar-refractivity contribution is 8.07. The van der Waals surface area contributed by atoms with Crippen molar-refractivity contribution in [2.45, 2.75) is 41.8 Å². The van der Waals surface area contributed by atoms with Crippen LogP contribution in [-0.2, 0) is 31.3 Å². The number of hydrogen-bond donors (Lipinski definition) is 6. The van der Waals surface area contributed by atoms with Crippen molar-refractivity contribution >= 4 is 64.4 Å². The highest BCUT2D eigenvalue weighted by Gasteiger charge is 2.57. The third-order valence-corrected chi connectivity index (χ3v) is 9.59. The lowest BCUT2D eigenvalue weighted by atomic mass is 10.1. The van der Waals surface area contributed by atoms with Gasteiger partial charge in [-0.05, 0) is 11.8 Å². The van der Waals surface area contributed by atoms with Crippen LogP contribution >= 0.6 is 18.5 Å². The highest BCUT2D eigenvalue weighted by Crippen LogP contribution is 2.56. The summed E-state index contributed by atoms with van der Waals surface area (Å²) in [6.45, 7) is -5.80. The van der Waals surface area contributed by atoms with Gasteiger partial charge in [0.1, 0.15) is 18.5 Å². The molecular formula is C18H21F2N12O7PS2. The lowest BCUT2D eigenvalue weighted by Crippen LogP contribution is -2.47. The molecular weight excluding hydrogens is 629 g/mol. The number of nitrogen functional groups attached to an aromatic ring is 2. The predicted octanol–water partition coefficient (Wildman–Crippen LogP) is -2.14. The molecule has 0 amide bonds. The van der Waals surface area contributed by atoms with Crippen LogP contribution < -0.4 is 17.0 Å². The second-order valence-corrected chi connectivity index (χ2v) is 13.2. The van der Waals surface area contributed by atoms with Gasteiger partial charge in [-0.3, -0.25) is 14.3 Å². The van der Waals surface area contributed by atoms with Crippen LogP contribution in [0.5, 0.6) is 0 Å². The number of rotatable bonds is 8. The second-order valence-electron chi connectivity index (χ2n) is 9.22. The number of hydrogen-bond acceptors (Lipinski definition) is 17. The molecule has 6 heterocycles. The van der Waals surface area contributed by atoms with Crippen LogP contribution in [-0.4, -0.2) is 114 Å². The molecule has 2 aliphatic heterocycles. The van der Waals surface area contributed by atoms with Crippen molar-refractivity contribution < 1.29 is 37.7 Å². The SMILES string of the molecule is Nc1nc2c(nnn2[C@]2(OP(O)(=S)OC[C@H]3O[C@@H](n4nnc5c(N)ncnc54)[C@@H](F)[C@@H]3O)CS[C@H](CO)[C@H]2F)c(=O)[nH]1. The Morgan fingerprint density at radius 1 is 1.26 bits per heavy atom. The Morgan fingerprint density at radius 2 is 2.02 bits per heavy atom. The van der Waals surface area contributed by atoms with Crippen molar-refractivity contribution in [3.05, 3.63) is 16.7 Å². The fourth-order valence-electron chi connectivity index (χ4n) is 4.60. The van der Waals surface area contributed by atoms with Gasteiger partial charge < -0.3 is 35.8 Å². The highest BCUT2D eigenvalue weighted by atomic mass is 32.5. The Bertz CT molecular complexity index is 1760. The van der Waals surface area contributed by atoms with E-state index in [-0.39, 0.29) is 39.8 Å². The summed E-state index contributed by atoms with van der Waals surface area (Å²) in [5.74, 6) is -0.618. The van der Waals surface area contributed by atoms with Gasteiger partial charge in [-0.1, -0.05) is 10.4 Å². The van der Waals surface area contributed by atoms with Crippen LogP contribution in [0.4, 0.5) is 20.5 Å². The summed E-state index contributed by atoms with van der Waals surface area (Å²) in [5.41, 5.74) is 7.89. The van der Waals surface area contributed by atoms with E-state index < -0.39 is 67.2 Å². The van der Waals surface area contributed by atoms with E-state index in [1.165, 1.54) is 0 Å². The molecule has 226 valence electrons. The molecule has 24 heteroatoms. The monoisotopic (exact) mass is 650 g/mol. The average molecular weight is 651 g/mol. The smallest absolute Gasteiger partial charge is 0.326 e. The number of nitrogens with zero attached hydrogens (tertiary/aromatic N) is 9. The van der Waals surface area contributed by atoms with Crippen molar-refractivity contribution in [3.8, 4) is 0 Å². The summed E-state index contributed by atoms with van der Waals surface area (Å²) in [6.07, 6.45) is -7.71. The molecule has 0 saturated carbocycles. The zero-order valence-electron chi connectivity index (χ0n) is 20.8. The minimum absolute atomic E-state index is 0.00512. The minimum atomic E-state index is -4.47. The number of fused-ring (bicyclic) bond motifs is 2. The number of ether oxygens (including phenoxy) is 1. The molecule has 2 aliphatic rings. The number of nitrogens with one attached hydrogen (secondary N) is 1. The van der Waals surface area contributed by atoms with E-state index in [2.05, 4.69) is 40.6 Å². The molecule has 2 saturated heterocycles. The van der Waals surface area contributed by atoms with Crippen LogP contribution in [0.15, 0.2) is 11.1 Å². The van der Waals surface area contributed by atoms with Gasteiger partial charge in [-0.15, -0.1) is 22.0 Å². The van der Waals surface area contributed by atoms with Gasteiger partial charge in [0.2, 0.25) is 11.7 Å². The van der Waals surface area contributed by atoms with E-state index in [1.54, 1.807) is 0 Å². The fraction of sp³-hybridized carbons (Fsp3) is 0.556. The van der Waals surface area contributed by atoms with E-state index in [9.17, 15) is 19.9 Å². The lowest BCUT2D eigenvalue weighted by molar-refractivity contribution is -0.0828. The number of nitrogens with two attached hydrogens (primary N) is 2. The van der Waals surface area contributed by atoms with Crippen molar-refractivity contribution in [1.29, 1.82) is 0 Å². The Morgan fingerprint density at radius 3 is 2.76 bits per heavy atom. The molecule has 4 aromatic heterocycles. The molecule has 2 fully saturated rings. The molecule has 4 aromatic rings. The molecule has 0 radical (unpaired) electrons. The molecule has 19 nitrogen and oxygen atoms in total. The fourth-order valence-corrected chi connectivity index (χ4v) is 7.57. The van der Waals surface area contributed by atoms with Crippen LogP contribution in [0.3, 0.4) is 0 Å². The topological polar surface area (TPSA) is 273 Å². The Balaban J connectivity index is 1.25. The molecule has 6 rings (SSSR count). The van der Waals surface area contributed by atoms with E-state index in [1.807, 2.05) is 0 Å². The number of thioether (sulfide) groups is 1. The van der Waals surface area contributed by atoms with Crippen molar-refractivity contribution in [2.24, 2.45) is 0 Å². The number of alkyl halides is 2. The van der Waals surface area contributed by atoms with Crippen molar-refractivity contribution in [2.75, 3.05) is 30.4 Å². The van der Waals surface area contributed by atoms with E-state index in [0.29, 0.717) is 0 Å². The van der Waals surface area contributed by atoms with Gasteiger partial charge in [0, 0.05) is 5.75 Å². The maximum atomic E-state index is 15.9. The van der Waals surface area contributed by atoms with E-state index >= 15 is 8.78 Å². The first-order chi connectivity index (χ1) is 20.0. The van der Waals surface area contributed by atoms with Crippen molar-refractivity contribution in [3.63, 3.8) is 0 Å². The quantitative estimate of drug-likeness (QED) is 0.111. The van der Waals surface area contributed by atoms with Crippen LogP contribution in [0.25, 0.3) is 22.3 Å². The Kier molecular flexibility index (Phi) is 7.34. The van der Waals surface area contributed by atoms with Crippen LogP contribution in [0.1, 0.15) is 6.23 Å².